The third kappa shape index (κ3) is 7.63. The summed E-state index contributed by atoms with van der Waals surface area (Å²) in [6.07, 6.45) is -1.85. The number of nitrogens with zero attached hydrogens (tertiary/aromatic N) is 3. The fourth-order valence-corrected chi connectivity index (χ4v) is 2.59. The Morgan fingerprint density at radius 3 is 2.88 bits per heavy atom. The lowest BCUT2D eigenvalue weighted by Gasteiger charge is -2.19. The normalized spacial score (nSPS) is 18.6. The Bertz CT molecular complexity index is 570. The Hall–Kier alpha value is -1.30. The summed E-state index contributed by atoms with van der Waals surface area (Å²) in [5.41, 5.74) is 0.968. The minimum absolute atomic E-state index is 0. The monoisotopic (exact) mass is 473 g/mol. The Kier molecular flexibility index (Phi) is 8.69. The molecule has 10 heteroatoms. The van der Waals surface area contributed by atoms with Crippen molar-refractivity contribution in [3.05, 3.63) is 23.9 Å². The predicted octanol–water partition coefficient (Wildman–Crippen LogP) is 2.01. The van der Waals surface area contributed by atoms with Crippen LogP contribution in [0, 0.1) is 0 Å². The molecule has 0 spiro atoms. The highest BCUT2D eigenvalue weighted by molar-refractivity contribution is 14.0. The maximum atomic E-state index is 12.4. The summed E-state index contributed by atoms with van der Waals surface area (Å²) >= 11 is 0. The lowest BCUT2D eigenvalue weighted by atomic mass is 10.2. The average molecular weight is 473 g/mol. The van der Waals surface area contributed by atoms with Crippen LogP contribution >= 0.6 is 24.0 Å². The van der Waals surface area contributed by atoms with E-state index >= 15 is 0 Å². The maximum absolute atomic E-state index is 12.4. The van der Waals surface area contributed by atoms with Gasteiger partial charge in [0.1, 0.15) is 0 Å². The number of hydrogen-bond acceptors (Lipinski definition) is 4. The molecule has 1 aliphatic rings. The molecule has 1 saturated heterocycles. The third-order valence-electron chi connectivity index (χ3n) is 3.71. The van der Waals surface area contributed by atoms with E-state index in [9.17, 15) is 13.2 Å². The summed E-state index contributed by atoms with van der Waals surface area (Å²) in [6.45, 7) is 0.421. The predicted molar refractivity (Wildman–Crippen MR) is 100 cm³/mol. The van der Waals surface area contributed by atoms with E-state index in [1.54, 1.807) is 26.4 Å². The molecule has 1 atom stereocenters. The highest BCUT2D eigenvalue weighted by Crippen LogP contribution is 2.19. The molecule has 2 N–H and O–H groups in total. The summed E-state index contributed by atoms with van der Waals surface area (Å²) in [7, 11) is 3.18. The quantitative estimate of drug-likeness (QED) is 0.390. The number of nitrogens with one attached hydrogen (secondary N) is 2. The molecule has 0 amide bonds. The number of alkyl halides is 3. The summed E-state index contributed by atoms with van der Waals surface area (Å²) in [5.74, 6) is 1.08. The summed E-state index contributed by atoms with van der Waals surface area (Å²) in [6, 6.07) is 3.61. The van der Waals surface area contributed by atoms with Crippen LogP contribution in [-0.4, -0.2) is 61.9 Å². The van der Waals surface area contributed by atoms with Crippen LogP contribution in [0.25, 0.3) is 0 Å². The number of likely N-dealkylation sites (tertiary alicyclic amines) is 1. The van der Waals surface area contributed by atoms with Gasteiger partial charge in [-0.2, -0.15) is 13.2 Å². The molecule has 1 unspecified atom stereocenters. The number of ether oxygens (including phenoxy) is 1. The zero-order valence-electron chi connectivity index (χ0n) is 14.1. The molecule has 142 valence electrons. The smallest absolute Gasteiger partial charge is 0.401 e. The molecule has 2 heterocycles. The van der Waals surface area contributed by atoms with Gasteiger partial charge in [-0.05, 0) is 18.1 Å². The fraction of sp³-hybridized carbons (Fsp3) is 0.600. The lowest BCUT2D eigenvalue weighted by Crippen LogP contribution is -2.44. The van der Waals surface area contributed by atoms with Crippen molar-refractivity contribution in [2.75, 3.05) is 33.8 Å². The molecule has 1 aromatic heterocycles. The van der Waals surface area contributed by atoms with Gasteiger partial charge in [0.15, 0.2) is 5.96 Å². The number of methoxy groups -OCH3 is 1. The Balaban J connectivity index is 0.00000312. The molecule has 2 rings (SSSR count). The summed E-state index contributed by atoms with van der Waals surface area (Å²) in [4.78, 5) is 9.55. The molecule has 1 aliphatic heterocycles. The first-order valence-corrected chi connectivity index (χ1v) is 7.65. The molecule has 0 aliphatic carbocycles. The Morgan fingerprint density at radius 2 is 2.24 bits per heavy atom. The second-order valence-corrected chi connectivity index (χ2v) is 5.61. The van der Waals surface area contributed by atoms with E-state index in [1.807, 2.05) is 6.07 Å². The zero-order chi connectivity index (χ0) is 17.6. The first-order valence-electron chi connectivity index (χ1n) is 7.65. The van der Waals surface area contributed by atoms with Crippen LogP contribution in [-0.2, 0) is 6.54 Å². The van der Waals surface area contributed by atoms with Crippen molar-refractivity contribution < 1.29 is 17.9 Å². The van der Waals surface area contributed by atoms with Crippen LogP contribution in [0.3, 0.4) is 0 Å². The first kappa shape index (κ1) is 21.7. The molecule has 25 heavy (non-hydrogen) atoms. The van der Waals surface area contributed by atoms with E-state index in [0.29, 0.717) is 37.9 Å². The molecule has 1 aromatic rings. The number of aliphatic imine (C=N–C) groups is 1. The minimum atomic E-state index is -4.16. The van der Waals surface area contributed by atoms with Gasteiger partial charge in [-0.1, -0.05) is 0 Å². The number of halogens is 4. The van der Waals surface area contributed by atoms with Crippen LogP contribution in [0.1, 0.15) is 12.0 Å². The Morgan fingerprint density at radius 1 is 1.48 bits per heavy atom. The zero-order valence-corrected chi connectivity index (χ0v) is 16.5. The van der Waals surface area contributed by atoms with E-state index in [1.165, 1.54) is 4.90 Å². The number of aromatic nitrogens is 1. The van der Waals surface area contributed by atoms with Crippen LogP contribution < -0.4 is 15.4 Å². The van der Waals surface area contributed by atoms with Gasteiger partial charge in [0.05, 0.1) is 13.7 Å². The van der Waals surface area contributed by atoms with Gasteiger partial charge >= 0.3 is 6.18 Å². The van der Waals surface area contributed by atoms with Crippen molar-refractivity contribution in [1.82, 2.24) is 20.5 Å². The number of rotatable bonds is 5. The second-order valence-electron chi connectivity index (χ2n) is 5.61. The molecule has 0 saturated carbocycles. The van der Waals surface area contributed by atoms with Crippen molar-refractivity contribution >= 4 is 29.9 Å². The SMILES string of the molecule is CN=C(NCc1ccnc(OC)c1)NC1CCN(CC(F)(F)F)C1.I. The fourth-order valence-electron chi connectivity index (χ4n) is 2.59. The third-order valence-corrected chi connectivity index (χ3v) is 3.71. The van der Waals surface area contributed by atoms with E-state index in [-0.39, 0.29) is 30.0 Å². The van der Waals surface area contributed by atoms with Gasteiger partial charge in [-0.25, -0.2) is 4.98 Å². The largest absolute Gasteiger partial charge is 0.481 e. The minimum Gasteiger partial charge on any atom is -0.481 e. The Labute approximate surface area is 162 Å². The van der Waals surface area contributed by atoms with Gasteiger partial charge in [-0.3, -0.25) is 9.89 Å². The lowest BCUT2D eigenvalue weighted by molar-refractivity contribution is -0.143. The van der Waals surface area contributed by atoms with Crippen LogP contribution in [0.5, 0.6) is 5.88 Å². The average Bonchev–Trinajstić information content (AvgIpc) is 2.96. The van der Waals surface area contributed by atoms with Gasteiger partial charge in [0.2, 0.25) is 5.88 Å². The van der Waals surface area contributed by atoms with Crippen LogP contribution in [0.15, 0.2) is 23.3 Å². The van der Waals surface area contributed by atoms with Crippen LogP contribution in [0.2, 0.25) is 0 Å². The van der Waals surface area contributed by atoms with E-state index in [2.05, 4.69) is 20.6 Å². The molecule has 1 fully saturated rings. The molecular formula is C15H23F3IN5O. The van der Waals surface area contributed by atoms with Gasteiger partial charge < -0.3 is 15.4 Å². The second kappa shape index (κ2) is 10.00. The van der Waals surface area contributed by atoms with E-state index < -0.39 is 12.7 Å². The molecular weight excluding hydrogens is 450 g/mol. The van der Waals surface area contributed by atoms with Crippen molar-refractivity contribution in [1.29, 1.82) is 0 Å². The van der Waals surface area contributed by atoms with Crippen molar-refractivity contribution in [3.8, 4) is 5.88 Å². The van der Waals surface area contributed by atoms with Crippen molar-refractivity contribution in [3.63, 3.8) is 0 Å². The van der Waals surface area contributed by atoms with Gasteiger partial charge in [-0.15, -0.1) is 24.0 Å². The van der Waals surface area contributed by atoms with Gasteiger partial charge in [0.25, 0.3) is 0 Å². The highest BCUT2D eigenvalue weighted by atomic mass is 127. The summed E-state index contributed by atoms with van der Waals surface area (Å²) in [5, 5.41) is 6.31. The summed E-state index contributed by atoms with van der Waals surface area (Å²) < 4.78 is 42.3. The molecule has 0 aromatic carbocycles. The number of pyridine rings is 1. The number of hydrogen-bond donors (Lipinski definition) is 2. The van der Waals surface area contributed by atoms with Crippen molar-refractivity contribution in [2.24, 2.45) is 4.99 Å². The van der Waals surface area contributed by atoms with E-state index in [4.69, 9.17) is 4.74 Å². The topological polar surface area (TPSA) is 61.8 Å². The van der Waals surface area contributed by atoms with Crippen LogP contribution in [0.4, 0.5) is 13.2 Å². The molecule has 0 radical (unpaired) electrons. The standard InChI is InChI=1S/C15H22F3N5O.HI/c1-19-14(21-8-11-3-5-20-13(7-11)24-2)22-12-4-6-23(9-12)10-15(16,17)18;/h3,5,7,12H,4,6,8-10H2,1-2H3,(H2,19,21,22);1H. The van der Waals surface area contributed by atoms with E-state index in [0.717, 1.165) is 5.56 Å². The molecule has 0 bridgehead atoms. The highest BCUT2D eigenvalue weighted by Gasteiger charge is 2.34. The first-order chi connectivity index (χ1) is 11.4. The maximum Gasteiger partial charge on any atom is 0.401 e. The molecule has 6 nitrogen and oxygen atoms in total. The van der Waals surface area contributed by atoms with Gasteiger partial charge in [0, 0.05) is 45.0 Å². The van der Waals surface area contributed by atoms with Crippen molar-refractivity contribution in [2.45, 2.75) is 25.2 Å². The number of guanidine groups is 1.